The van der Waals surface area contributed by atoms with Crippen LogP contribution in [0.25, 0.3) is 0 Å². The predicted octanol–water partition coefficient (Wildman–Crippen LogP) is 1.15. The lowest BCUT2D eigenvalue weighted by Crippen LogP contribution is -2.29. The van der Waals surface area contributed by atoms with Crippen LogP contribution >= 0.6 is 0 Å². The fourth-order valence-corrected chi connectivity index (χ4v) is 3.21. The van der Waals surface area contributed by atoms with Gasteiger partial charge in [0.15, 0.2) is 0 Å². The van der Waals surface area contributed by atoms with Crippen molar-refractivity contribution in [2.45, 2.75) is 39.4 Å². The van der Waals surface area contributed by atoms with Crippen LogP contribution in [0.1, 0.15) is 28.9 Å². The van der Waals surface area contributed by atoms with Crippen LogP contribution in [0.5, 0.6) is 0 Å². The van der Waals surface area contributed by atoms with E-state index >= 15 is 0 Å². The van der Waals surface area contributed by atoms with Gasteiger partial charge >= 0.3 is 0 Å². The van der Waals surface area contributed by atoms with Gasteiger partial charge in [-0.1, -0.05) is 0 Å². The molecule has 3 heterocycles. The molecule has 0 saturated carbocycles. The summed E-state index contributed by atoms with van der Waals surface area (Å²) in [6.07, 6.45) is 6.91. The Labute approximate surface area is 147 Å². The number of nitrogens with zero attached hydrogens (tertiary/aromatic N) is 5. The number of pyridine rings is 1. The van der Waals surface area contributed by atoms with Crippen LogP contribution < -0.4 is 0 Å². The summed E-state index contributed by atoms with van der Waals surface area (Å²) >= 11 is 0. The molecule has 0 fully saturated rings. The monoisotopic (exact) mass is 341 g/mol. The summed E-state index contributed by atoms with van der Waals surface area (Å²) in [6, 6.07) is 3.84. The minimum atomic E-state index is 0.592. The summed E-state index contributed by atoms with van der Waals surface area (Å²) in [5.41, 5.74) is 4.46. The normalized spacial score (nSPS) is 13.4. The third-order valence-corrected chi connectivity index (χ3v) is 4.66. The van der Waals surface area contributed by atoms with Crippen LogP contribution in [-0.4, -0.2) is 50.5 Å². The van der Waals surface area contributed by atoms with E-state index in [1.54, 1.807) is 22.2 Å². The molecule has 0 N–H and O–H groups in total. The highest BCUT2D eigenvalue weighted by Gasteiger charge is 2.21. The van der Waals surface area contributed by atoms with Crippen LogP contribution in [0.2, 0.25) is 0 Å². The van der Waals surface area contributed by atoms with Gasteiger partial charge in [0.2, 0.25) is 12.8 Å². The van der Waals surface area contributed by atoms with Crippen molar-refractivity contribution in [3.8, 4) is 0 Å². The van der Waals surface area contributed by atoms with Gasteiger partial charge in [-0.25, -0.2) is 0 Å². The van der Waals surface area contributed by atoms with Crippen molar-refractivity contribution in [3.05, 3.63) is 47.0 Å². The van der Waals surface area contributed by atoms with E-state index in [1.807, 2.05) is 16.8 Å². The molecular formula is C18H23N5O2. The van der Waals surface area contributed by atoms with Gasteiger partial charge in [-0.3, -0.25) is 19.3 Å². The summed E-state index contributed by atoms with van der Waals surface area (Å²) in [4.78, 5) is 29.8. The van der Waals surface area contributed by atoms with E-state index in [4.69, 9.17) is 0 Å². The lowest BCUT2D eigenvalue weighted by molar-refractivity contribution is -0.119. The predicted molar refractivity (Wildman–Crippen MR) is 92.5 cm³/mol. The molecule has 2 aromatic heterocycles. The molecule has 0 spiro atoms. The van der Waals surface area contributed by atoms with Crippen molar-refractivity contribution in [3.63, 3.8) is 0 Å². The molecule has 25 heavy (non-hydrogen) atoms. The van der Waals surface area contributed by atoms with E-state index in [0.717, 1.165) is 55.7 Å². The highest BCUT2D eigenvalue weighted by Crippen LogP contribution is 2.21. The number of carbonyl (C=O) groups is 2. The molecule has 0 unspecified atom stereocenters. The van der Waals surface area contributed by atoms with Gasteiger partial charge in [-0.15, -0.1) is 0 Å². The molecule has 1 aliphatic rings. The third kappa shape index (κ3) is 4.04. The highest BCUT2D eigenvalue weighted by molar-refractivity contribution is 5.49. The molecule has 2 amide bonds. The first-order valence-electron chi connectivity index (χ1n) is 8.54. The maximum atomic E-state index is 11.3. The quantitative estimate of drug-likeness (QED) is 0.675. The maximum absolute atomic E-state index is 11.3. The topological polar surface area (TPSA) is 71.3 Å². The average Bonchev–Trinajstić information content (AvgIpc) is 2.97. The lowest BCUT2D eigenvalue weighted by Gasteiger charge is -2.22. The van der Waals surface area contributed by atoms with E-state index in [0.29, 0.717) is 19.6 Å². The third-order valence-electron chi connectivity index (χ3n) is 4.66. The van der Waals surface area contributed by atoms with E-state index in [-0.39, 0.29) is 0 Å². The lowest BCUT2D eigenvalue weighted by atomic mass is 10.1. The second-order valence-corrected chi connectivity index (χ2v) is 6.34. The van der Waals surface area contributed by atoms with Gasteiger partial charge in [0.05, 0.1) is 5.69 Å². The van der Waals surface area contributed by atoms with Gasteiger partial charge in [0, 0.05) is 62.8 Å². The van der Waals surface area contributed by atoms with E-state index in [9.17, 15) is 9.59 Å². The van der Waals surface area contributed by atoms with Crippen LogP contribution in [0.4, 0.5) is 0 Å². The van der Waals surface area contributed by atoms with Gasteiger partial charge in [-0.2, -0.15) is 5.10 Å². The number of rotatable bonds is 8. The van der Waals surface area contributed by atoms with Gasteiger partial charge in [0.25, 0.3) is 0 Å². The van der Waals surface area contributed by atoms with Crippen LogP contribution in [-0.2, 0) is 35.6 Å². The zero-order valence-electron chi connectivity index (χ0n) is 14.5. The summed E-state index contributed by atoms with van der Waals surface area (Å²) in [5.74, 6) is 0. The summed E-state index contributed by atoms with van der Waals surface area (Å²) < 4.78 is 2.01. The van der Waals surface area contributed by atoms with Crippen molar-refractivity contribution in [1.29, 1.82) is 0 Å². The van der Waals surface area contributed by atoms with Crippen molar-refractivity contribution in [2.24, 2.45) is 0 Å². The van der Waals surface area contributed by atoms with Crippen LogP contribution in [0, 0.1) is 6.92 Å². The largest absolute Gasteiger partial charge is 0.341 e. The summed E-state index contributed by atoms with van der Waals surface area (Å²) in [7, 11) is 0. The molecule has 0 radical (unpaired) electrons. The van der Waals surface area contributed by atoms with E-state index in [1.165, 1.54) is 5.56 Å². The second kappa shape index (κ2) is 7.92. The standard InChI is InChI=1S/C18H23N5O2/c1-15-17-12-22(14-25)10-5-18(17)20-23(15)9-2-8-21(13-24)11-16-3-6-19-7-4-16/h3-4,6-7,13-14H,2,5,8-12H2,1H3. The van der Waals surface area contributed by atoms with Crippen LogP contribution in [0.3, 0.4) is 0 Å². The first-order valence-corrected chi connectivity index (χ1v) is 8.54. The van der Waals surface area contributed by atoms with Gasteiger partial charge in [0.1, 0.15) is 0 Å². The number of hydrogen-bond acceptors (Lipinski definition) is 4. The smallest absolute Gasteiger partial charge is 0.210 e. The molecule has 1 aliphatic heterocycles. The van der Waals surface area contributed by atoms with Crippen molar-refractivity contribution in [1.82, 2.24) is 24.6 Å². The SMILES string of the molecule is Cc1c2c(nn1CCCN(C=O)Cc1ccncc1)CCN(C=O)C2. The Morgan fingerprint density at radius 1 is 1.28 bits per heavy atom. The molecular weight excluding hydrogens is 318 g/mol. The molecule has 0 bridgehead atoms. The molecule has 132 valence electrons. The highest BCUT2D eigenvalue weighted by atomic mass is 16.1. The molecule has 0 saturated heterocycles. The molecule has 0 aliphatic carbocycles. The molecule has 0 aromatic carbocycles. The van der Waals surface area contributed by atoms with Gasteiger partial charge < -0.3 is 9.80 Å². The van der Waals surface area contributed by atoms with Crippen molar-refractivity contribution < 1.29 is 9.59 Å². The molecule has 2 aromatic rings. The minimum Gasteiger partial charge on any atom is -0.341 e. The first-order chi connectivity index (χ1) is 12.2. The fourth-order valence-electron chi connectivity index (χ4n) is 3.21. The first kappa shape index (κ1) is 17.1. The van der Waals surface area contributed by atoms with Crippen molar-refractivity contribution in [2.75, 3.05) is 13.1 Å². The number of amides is 2. The number of fused-ring (bicyclic) bond motifs is 1. The Kier molecular flexibility index (Phi) is 5.42. The van der Waals surface area contributed by atoms with Crippen molar-refractivity contribution >= 4 is 12.8 Å². The average molecular weight is 341 g/mol. The Balaban J connectivity index is 1.56. The van der Waals surface area contributed by atoms with E-state index in [2.05, 4.69) is 17.0 Å². The number of aromatic nitrogens is 3. The van der Waals surface area contributed by atoms with Crippen LogP contribution in [0.15, 0.2) is 24.5 Å². The second-order valence-electron chi connectivity index (χ2n) is 6.34. The molecule has 0 atom stereocenters. The van der Waals surface area contributed by atoms with Gasteiger partial charge in [-0.05, 0) is 31.0 Å². The maximum Gasteiger partial charge on any atom is 0.210 e. The Morgan fingerprint density at radius 2 is 2.08 bits per heavy atom. The minimum absolute atomic E-state index is 0.592. The molecule has 7 nitrogen and oxygen atoms in total. The Morgan fingerprint density at radius 3 is 2.80 bits per heavy atom. The fraction of sp³-hybridized carbons (Fsp3) is 0.444. The number of hydrogen-bond donors (Lipinski definition) is 0. The summed E-state index contributed by atoms with van der Waals surface area (Å²) in [6.45, 7) is 5.46. The summed E-state index contributed by atoms with van der Waals surface area (Å²) in [5, 5.41) is 4.68. The molecule has 7 heteroatoms. The van der Waals surface area contributed by atoms with E-state index < -0.39 is 0 Å². The Hall–Kier alpha value is -2.70. The zero-order valence-corrected chi connectivity index (χ0v) is 14.5. The molecule has 3 rings (SSSR count). The zero-order chi connectivity index (χ0) is 17.6. The number of carbonyl (C=O) groups excluding carboxylic acids is 2. The Bertz CT molecular complexity index is 729. The number of aryl methyl sites for hydroxylation is 1.